The Hall–Kier alpha value is -2.37. The van der Waals surface area contributed by atoms with E-state index >= 15 is 0 Å². The molecular weight excluding hydrogens is 306 g/mol. The van der Waals surface area contributed by atoms with E-state index < -0.39 is 0 Å². The molecule has 130 valence electrons. The topological polar surface area (TPSA) is 68.5 Å². The lowest BCUT2D eigenvalue weighted by molar-refractivity contribution is 0.0734. The van der Waals surface area contributed by atoms with Crippen LogP contribution in [0.4, 0.5) is 0 Å². The first-order chi connectivity index (χ1) is 11.4. The van der Waals surface area contributed by atoms with Crippen LogP contribution in [0.15, 0.2) is 16.7 Å². The lowest BCUT2D eigenvalue weighted by Gasteiger charge is -2.20. The molecule has 0 spiro atoms. The van der Waals surface area contributed by atoms with E-state index in [0.717, 1.165) is 16.9 Å². The first-order valence-electron chi connectivity index (χ1n) is 8.14. The van der Waals surface area contributed by atoms with Crippen molar-refractivity contribution in [3.05, 3.63) is 40.5 Å². The van der Waals surface area contributed by atoms with Crippen molar-refractivity contribution in [1.82, 2.24) is 15.0 Å². The second-order valence-corrected chi connectivity index (χ2v) is 6.16. The van der Waals surface area contributed by atoms with Crippen LogP contribution in [0.5, 0.6) is 5.75 Å². The molecule has 6 heteroatoms. The molecule has 0 saturated heterocycles. The van der Waals surface area contributed by atoms with Crippen molar-refractivity contribution in [3.8, 4) is 5.75 Å². The van der Waals surface area contributed by atoms with Gasteiger partial charge in [0, 0.05) is 18.0 Å². The van der Waals surface area contributed by atoms with Crippen LogP contribution in [0.1, 0.15) is 59.9 Å². The Balaban J connectivity index is 2.22. The number of rotatable bonds is 6. The van der Waals surface area contributed by atoms with Crippen LogP contribution < -0.4 is 4.74 Å². The molecule has 0 aliphatic carbocycles. The van der Waals surface area contributed by atoms with Gasteiger partial charge in [0.1, 0.15) is 12.3 Å². The molecule has 0 bridgehead atoms. The fourth-order valence-electron chi connectivity index (χ4n) is 2.64. The SMILES string of the molecule is CCN(Cc1nc(C(C)C)no1)C(=O)c1cc(C)c(OC)c(C)c1. The summed E-state index contributed by atoms with van der Waals surface area (Å²) in [6.07, 6.45) is 0. The van der Waals surface area contributed by atoms with E-state index in [1.165, 1.54) is 0 Å². The Morgan fingerprint density at radius 2 is 1.92 bits per heavy atom. The maximum absolute atomic E-state index is 12.8. The van der Waals surface area contributed by atoms with Gasteiger partial charge in [-0.3, -0.25) is 4.79 Å². The van der Waals surface area contributed by atoms with Crippen LogP contribution in [0.2, 0.25) is 0 Å². The van der Waals surface area contributed by atoms with Crippen molar-refractivity contribution in [1.29, 1.82) is 0 Å². The Morgan fingerprint density at radius 1 is 1.29 bits per heavy atom. The van der Waals surface area contributed by atoms with Crippen LogP contribution in [-0.2, 0) is 6.54 Å². The molecule has 0 saturated carbocycles. The number of ether oxygens (including phenoxy) is 1. The van der Waals surface area contributed by atoms with Gasteiger partial charge >= 0.3 is 0 Å². The average molecular weight is 331 g/mol. The van der Waals surface area contributed by atoms with E-state index in [-0.39, 0.29) is 11.8 Å². The second-order valence-electron chi connectivity index (χ2n) is 6.16. The third-order valence-corrected chi connectivity index (χ3v) is 3.91. The summed E-state index contributed by atoms with van der Waals surface area (Å²) in [5.41, 5.74) is 2.52. The quantitative estimate of drug-likeness (QED) is 0.810. The van der Waals surface area contributed by atoms with Gasteiger partial charge in [-0.15, -0.1) is 0 Å². The minimum absolute atomic E-state index is 0.0596. The molecule has 1 aromatic carbocycles. The summed E-state index contributed by atoms with van der Waals surface area (Å²) in [5.74, 6) is 2.06. The molecule has 0 N–H and O–H groups in total. The first-order valence-corrected chi connectivity index (χ1v) is 8.14. The second kappa shape index (κ2) is 7.47. The minimum atomic E-state index is -0.0596. The average Bonchev–Trinajstić information content (AvgIpc) is 3.00. The van der Waals surface area contributed by atoms with E-state index in [1.807, 2.05) is 46.8 Å². The highest BCUT2D eigenvalue weighted by Gasteiger charge is 2.20. The van der Waals surface area contributed by atoms with Gasteiger partial charge in [0.2, 0.25) is 5.89 Å². The zero-order valence-electron chi connectivity index (χ0n) is 15.2. The predicted octanol–water partition coefficient (Wildman–Crippen LogP) is 3.48. The Bertz CT molecular complexity index is 699. The van der Waals surface area contributed by atoms with Crippen LogP contribution >= 0.6 is 0 Å². The molecule has 0 fully saturated rings. The minimum Gasteiger partial charge on any atom is -0.496 e. The summed E-state index contributed by atoms with van der Waals surface area (Å²) >= 11 is 0. The fourth-order valence-corrected chi connectivity index (χ4v) is 2.64. The van der Waals surface area contributed by atoms with Gasteiger partial charge in [0.05, 0.1) is 7.11 Å². The van der Waals surface area contributed by atoms with Crippen molar-refractivity contribution in [2.75, 3.05) is 13.7 Å². The Kier molecular flexibility index (Phi) is 5.59. The maximum atomic E-state index is 12.8. The monoisotopic (exact) mass is 331 g/mol. The number of aryl methyl sites for hydroxylation is 2. The largest absolute Gasteiger partial charge is 0.496 e. The van der Waals surface area contributed by atoms with Gasteiger partial charge in [-0.05, 0) is 44.0 Å². The van der Waals surface area contributed by atoms with Crippen molar-refractivity contribution in [3.63, 3.8) is 0 Å². The number of amides is 1. The molecule has 6 nitrogen and oxygen atoms in total. The molecule has 0 aliphatic heterocycles. The van der Waals surface area contributed by atoms with Crippen molar-refractivity contribution >= 4 is 5.91 Å². The normalized spacial score (nSPS) is 11.0. The summed E-state index contributed by atoms with van der Waals surface area (Å²) in [6.45, 7) is 10.7. The van der Waals surface area contributed by atoms with Crippen LogP contribution in [0.25, 0.3) is 0 Å². The van der Waals surface area contributed by atoms with Crippen LogP contribution in [-0.4, -0.2) is 34.6 Å². The molecule has 1 amide bonds. The predicted molar refractivity (Wildman–Crippen MR) is 91.3 cm³/mol. The number of carbonyl (C=O) groups excluding carboxylic acids is 1. The number of hydrogen-bond acceptors (Lipinski definition) is 5. The van der Waals surface area contributed by atoms with Gasteiger partial charge < -0.3 is 14.2 Å². The van der Waals surface area contributed by atoms with E-state index in [9.17, 15) is 4.79 Å². The van der Waals surface area contributed by atoms with Crippen molar-refractivity contribution < 1.29 is 14.1 Å². The molecular formula is C18H25N3O3. The zero-order valence-corrected chi connectivity index (χ0v) is 15.2. The fraction of sp³-hybridized carbons (Fsp3) is 0.500. The lowest BCUT2D eigenvalue weighted by atomic mass is 10.0. The molecule has 0 unspecified atom stereocenters. The third kappa shape index (κ3) is 3.75. The number of benzene rings is 1. The van der Waals surface area contributed by atoms with Gasteiger partial charge in [0.15, 0.2) is 5.82 Å². The molecule has 0 aliphatic rings. The highest BCUT2D eigenvalue weighted by Crippen LogP contribution is 2.25. The molecule has 2 rings (SSSR count). The molecule has 2 aromatic rings. The highest BCUT2D eigenvalue weighted by atomic mass is 16.5. The number of nitrogens with zero attached hydrogens (tertiary/aromatic N) is 3. The van der Waals surface area contributed by atoms with Crippen LogP contribution in [0, 0.1) is 13.8 Å². The summed E-state index contributed by atoms with van der Waals surface area (Å²) in [4.78, 5) is 18.9. The molecule has 1 aromatic heterocycles. The standard InChI is InChI=1S/C18H25N3O3/c1-7-21(10-15-19-17(11(2)3)20-24-15)18(22)14-8-12(4)16(23-6)13(5)9-14/h8-9,11H,7,10H2,1-6H3. The van der Waals surface area contributed by atoms with Gasteiger partial charge in [-0.1, -0.05) is 19.0 Å². The maximum Gasteiger partial charge on any atom is 0.254 e. The van der Waals surface area contributed by atoms with E-state index in [4.69, 9.17) is 9.26 Å². The van der Waals surface area contributed by atoms with Gasteiger partial charge in [0.25, 0.3) is 5.91 Å². The van der Waals surface area contributed by atoms with Crippen LogP contribution in [0.3, 0.4) is 0 Å². The van der Waals surface area contributed by atoms with Gasteiger partial charge in [-0.25, -0.2) is 0 Å². The number of aromatic nitrogens is 2. The van der Waals surface area contributed by atoms with Crippen molar-refractivity contribution in [2.24, 2.45) is 0 Å². The summed E-state index contributed by atoms with van der Waals surface area (Å²) in [6, 6.07) is 3.70. The first kappa shape index (κ1) is 18.0. The van der Waals surface area contributed by atoms with E-state index in [1.54, 1.807) is 12.0 Å². The summed E-state index contributed by atoms with van der Waals surface area (Å²) < 4.78 is 10.6. The Labute approximate surface area is 142 Å². The van der Waals surface area contributed by atoms with E-state index in [2.05, 4.69) is 10.1 Å². The zero-order chi connectivity index (χ0) is 17.9. The lowest BCUT2D eigenvalue weighted by Crippen LogP contribution is -2.30. The summed E-state index contributed by atoms with van der Waals surface area (Å²) in [5, 5.41) is 3.95. The Morgan fingerprint density at radius 3 is 2.38 bits per heavy atom. The highest BCUT2D eigenvalue weighted by molar-refractivity contribution is 5.94. The number of carbonyl (C=O) groups is 1. The van der Waals surface area contributed by atoms with Gasteiger partial charge in [-0.2, -0.15) is 4.98 Å². The third-order valence-electron chi connectivity index (χ3n) is 3.91. The molecule has 1 heterocycles. The van der Waals surface area contributed by atoms with E-state index in [0.29, 0.717) is 30.4 Å². The molecule has 0 atom stereocenters. The smallest absolute Gasteiger partial charge is 0.254 e. The molecule has 24 heavy (non-hydrogen) atoms. The van der Waals surface area contributed by atoms with Crippen molar-refractivity contribution in [2.45, 2.75) is 47.1 Å². The molecule has 0 radical (unpaired) electrons. The number of methoxy groups -OCH3 is 1. The summed E-state index contributed by atoms with van der Waals surface area (Å²) in [7, 11) is 1.64. The number of hydrogen-bond donors (Lipinski definition) is 0.